The molecule has 0 saturated heterocycles. The van der Waals surface area contributed by atoms with Crippen molar-refractivity contribution in [3.8, 4) is 0 Å². The van der Waals surface area contributed by atoms with Gasteiger partial charge in [-0.3, -0.25) is 0 Å². The molecule has 1 unspecified atom stereocenters. The largest absolute Gasteiger partial charge is 0.309 e. The lowest BCUT2D eigenvalue weighted by molar-refractivity contribution is 0.699. The van der Waals surface area contributed by atoms with Gasteiger partial charge < -0.3 is 5.32 Å². The third-order valence-corrected chi connectivity index (χ3v) is 5.50. The highest BCUT2D eigenvalue weighted by Gasteiger charge is 2.16. The Balaban J connectivity index is 2.20. The predicted octanol–water partition coefficient (Wildman–Crippen LogP) is 5.12. The Morgan fingerprint density at radius 1 is 1.10 bits per heavy atom. The van der Waals surface area contributed by atoms with Crippen molar-refractivity contribution in [3.63, 3.8) is 0 Å². The molecular formula is C17H16INS. The molecule has 1 nitrogen and oxygen atoms in total. The van der Waals surface area contributed by atoms with Crippen LogP contribution >= 0.6 is 33.9 Å². The number of hydrogen-bond acceptors (Lipinski definition) is 2. The number of halogens is 1. The van der Waals surface area contributed by atoms with Gasteiger partial charge in [-0.25, -0.2) is 0 Å². The number of hydrogen-bond donors (Lipinski definition) is 1. The lowest BCUT2D eigenvalue weighted by Gasteiger charge is -2.18. The fourth-order valence-corrected chi connectivity index (χ4v) is 4.10. The van der Waals surface area contributed by atoms with Crippen LogP contribution in [0, 0.1) is 9.81 Å². The number of thiophene rings is 1. The minimum absolute atomic E-state index is 0.250. The minimum Gasteiger partial charge on any atom is -0.309 e. The van der Waals surface area contributed by atoms with Gasteiger partial charge in [0.15, 0.2) is 0 Å². The van der Waals surface area contributed by atoms with E-state index in [0.717, 1.165) is 0 Å². The number of benzene rings is 2. The van der Waals surface area contributed by atoms with Crippen LogP contribution in [0.25, 0.3) is 10.8 Å². The Hall–Kier alpha value is -0.910. The summed E-state index contributed by atoms with van der Waals surface area (Å²) in [5.74, 6) is 0. The van der Waals surface area contributed by atoms with Gasteiger partial charge in [0.2, 0.25) is 0 Å². The summed E-state index contributed by atoms with van der Waals surface area (Å²) in [6, 6.07) is 15.7. The standard InChI is InChI=1S/C17H16INS/c1-11-7-8-15(14-6-4-3-5-13(11)14)17(19-2)12-9-16(18)20-10-12/h3-10,17,19H,1-2H3. The van der Waals surface area contributed by atoms with Crippen molar-refractivity contribution in [2.75, 3.05) is 7.05 Å². The number of aryl methyl sites for hydroxylation is 1. The summed E-state index contributed by atoms with van der Waals surface area (Å²) in [5.41, 5.74) is 4.03. The van der Waals surface area contributed by atoms with Crippen LogP contribution < -0.4 is 5.32 Å². The molecule has 0 fully saturated rings. The Bertz CT molecular complexity index is 748. The fourth-order valence-electron chi connectivity index (χ4n) is 2.70. The Kier molecular flexibility index (Phi) is 4.10. The molecule has 0 amide bonds. The van der Waals surface area contributed by atoms with E-state index in [1.54, 1.807) is 11.3 Å². The second kappa shape index (κ2) is 5.84. The molecule has 3 rings (SSSR count). The van der Waals surface area contributed by atoms with Crippen molar-refractivity contribution in [1.82, 2.24) is 5.32 Å². The molecule has 0 saturated carbocycles. The van der Waals surface area contributed by atoms with Crippen LogP contribution in [0.5, 0.6) is 0 Å². The molecule has 1 atom stereocenters. The number of nitrogens with one attached hydrogen (secondary N) is 1. The zero-order valence-electron chi connectivity index (χ0n) is 11.5. The first-order valence-corrected chi connectivity index (χ1v) is 8.56. The van der Waals surface area contributed by atoms with Gasteiger partial charge in [-0.05, 0) is 75.5 Å². The molecule has 20 heavy (non-hydrogen) atoms. The Labute approximate surface area is 137 Å². The minimum atomic E-state index is 0.250. The summed E-state index contributed by atoms with van der Waals surface area (Å²) in [5, 5.41) is 8.39. The van der Waals surface area contributed by atoms with Gasteiger partial charge in [-0.15, -0.1) is 11.3 Å². The summed E-state index contributed by atoms with van der Waals surface area (Å²) in [7, 11) is 2.03. The molecule has 0 bridgehead atoms. The van der Waals surface area contributed by atoms with E-state index in [2.05, 4.69) is 82.7 Å². The molecule has 1 heterocycles. The normalized spacial score (nSPS) is 12.8. The summed E-state index contributed by atoms with van der Waals surface area (Å²) in [6.45, 7) is 2.17. The molecule has 0 aliphatic rings. The highest BCUT2D eigenvalue weighted by molar-refractivity contribution is 14.1. The van der Waals surface area contributed by atoms with E-state index in [0.29, 0.717) is 0 Å². The van der Waals surface area contributed by atoms with E-state index < -0.39 is 0 Å². The maximum Gasteiger partial charge on any atom is 0.0656 e. The Morgan fingerprint density at radius 2 is 1.85 bits per heavy atom. The molecule has 3 heteroatoms. The fraction of sp³-hybridized carbons (Fsp3) is 0.176. The van der Waals surface area contributed by atoms with Gasteiger partial charge in [0, 0.05) is 0 Å². The van der Waals surface area contributed by atoms with Gasteiger partial charge in [0.1, 0.15) is 0 Å². The first-order chi connectivity index (χ1) is 9.70. The molecule has 0 aliphatic heterocycles. The van der Waals surface area contributed by atoms with Crippen LogP contribution in [0.15, 0.2) is 47.8 Å². The van der Waals surface area contributed by atoms with Crippen molar-refractivity contribution in [3.05, 3.63) is 67.4 Å². The summed E-state index contributed by atoms with van der Waals surface area (Å²) >= 11 is 4.18. The van der Waals surface area contributed by atoms with E-state index >= 15 is 0 Å². The number of rotatable bonds is 3. The van der Waals surface area contributed by atoms with E-state index in [9.17, 15) is 0 Å². The third-order valence-electron chi connectivity index (χ3n) is 3.70. The average molecular weight is 393 g/mol. The van der Waals surface area contributed by atoms with Crippen molar-refractivity contribution < 1.29 is 0 Å². The van der Waals surface area contributed by atoms with Crippen LogP contribution in [0.4, 0.5) is 0 Å². The predicted molar refractivity (Wildman–Crippen MR) is 96.6 cm³/mol. The highest BCUT2D eigenvalue weighted by Crippen LogP contribution is 2.32. The van der Waals surface area contributed by atoms with E-state index in [-0.39, 0.29) is 6.04 Å². The maximum absolute atomic E-state index is 3.46. The zero-order chi connectivity index (χ0) is 14.1. The van der Waals surface area contributed by atoms with E-state index in [1.165, 1.54) is 30.3 Å². The second-order valence-electron chi connectivity index (χ2n) is 4.92. The smallest absolute Gasteiger partial charge is 0.0656 e. The highest BCUT2D eigenvalue weighted by atomic mass is 127. The molecule has 1 N–H and O–H groups in total. The number of fused-ring (bicyclic) bond motifs is 1. The zero-order valence-corrected chi connectivity index (χ0v) is 14.5. The average Bonchev–Trinajstić information content (AvgIpc) is 2.89. The first-order valence-electron chi connectivity index (χ1n) is 6.60. The molecule has 0 aliphatic carbocycles. The van der Waals surface area contributed by atoms with E-state index in [1.807, 2.05) is 7.05 Å². The van der Waals surface area contributed by atoms with Gasteiger partial charge in [-0.2, -0.15) is 0 Å². The second-order valence-corrected chi connectivity index (χ2v) is 7.73. The van der Waals surface area contributed by atoms with Crippen LogP contribution in [0.2, 0.25) is 0 Å². The Morgan fingerprint density at radius 3 is 2.50 bits per heavy atom. The van der Waals surface area contributed by atoms with Gasteiger partial charge in [0.05, 0.1) is 8.93 Å². The van der Waals surface area contributed by atoms with Crippen molar-refractivity contribution in [1.29, 1.82) is 0 Å². The van der Waals surface area contributed by atoms with Crippen LogP contribution in [0.1, 0.15) is 22.7 Å². The van der Waals surface area contributed by atoms with Crippen LogP contribution in [-0.2, 0) is 0 Å². The van der Waals surface area contributed by atoms with E-state index in [4.69, 9.17) is 0 Å². The van der Waals surface area contributed by atoms with Crippen LogP contribution in [-0.4, -0.2) is 7.05 Å². The SMILES string of the molecule is CNC(c1csc(I)c1)c1ccc(C)c2ccccc12. The van der Waals surface area contributed by atoms with Crippen molar-refractivity contribution in [2.45, 2.75) is 13.0 Å². The monoisotopic (exact) mass is 393 g/mol. The van der Waals surface area contributed by atoms with Gasteiger partial charge in [-0.1, -0.05) is 36.4 Å². The molecule has 102 valence electrons. The first kappa shape index (κ1) is 14.0. The van der Waals surface area contributed by atoms with Crippen molar-refractivity contribution >= 4 is 44.7 Å². The third kappa shape index (κ3) is 2.50. The molecule has 0 radical (unpaired) electrons. The summed E-state index contributed by atoms with van der Waals surface area (Å²) in [4.78, 5) is 0. The molecular weight excluding hydrogens is 377 g/mol. The lowest BCUT2D eigenvalue weighted by atomic mass is 9.93. The maximum atomic E-state index is 3.46. The van der Waals surface area contributed by atoms with Crippen molar-refractivity contribution in [2.24, 2.45) is 0 Å². The topological polar surface area (TPSA) is 12.0 Å². The summed E-state index contributed by atoms with van der Waals surface area (Å²) < 4.78 is 1.33. The lowest BCUT2D eigenvalue weighted by Crippen LogP contribution is -2.17. The van der Waals surface area contributed by atoms with Crippen LogP contribution in [0.3, 0.4) is 0 Å². The van der Waals surface area contributed by atoms with Gasteiger partial charge >= 0.3 is 0 Å². The summed E-state index contributed by atoms with van der Waals surface area (Å²) in [6.07, 6.45) is 0. The molecule has 1 aromatic heterocycles. The molecule has 0 spiro atoms. The molecule has 3 aromatic rings. The van der Waals surface area contributed by atoms with Gasteiger partial charge in [0.25, 0.3) is 0 Å². The quantitative estimate of drug-likeness (QED) is 0.609. The molecule has 2 aromatic carbocycles.